The highest BCUT2D eigenvalue weighted by molar-refractivity contribution is 7.26. The minimum atomic E-state index is 0.729. The second kappa shape index (κ2) is 12.5. The van der Waals surface area contributed by atoms with Crippen molar-refractivity contribution in [2.75, 3.05) is 0 Å². The number of benzene rings is 7. The molecule has 9 rings (SSSR count). The van der Waals surface area contributed by atoms with Crippen LogP contribution in [0, 0.1) is 0 Å². The third-order valence-corrected chi connectivity index (χ3v) is 10.3. The molecular formula is C46H30N2S. The normalized spacial score (nSPS) is 11.3. The maximum atomic E-state index is 5.29. The number of thiophene rings is 1. The van der Waals surface area contributed by atoms with Gasteiger partial charge in [0.2, 0.25) is 0 Å². The van der Waals surface area contributed by atoms with Crippen LogP contribution in [0.15, 0.2) is 182 Å². The van der Waals surface area contributed by atoms with Crippen LogP contribution in [-0.4, -0.2) is 9.97 Å². The predicted octanol–water partition coefficient (Wildman–Crippen LogP) is 12.8. The molecule has 0 aliphatic rings. The van der Waals surface area contributed by atoms with Gasteiger partial charge in [-0.2, -0.15) is 0 Å². The molecule has 0 aliphatic carbocycles. The molecule has 0 saturated heterocycles. The summed E-state index contributed by atoms with van der Waals surface area (Å²) in [5, 5.41) is 1.16. The van der Waals surface area contributed by atoms with Crippen LogP contribution in [0.4, 0.5) is 0 Å². The first kappa shape index (κ1) is 29.0. The van der Waals surface area contributed by atoms with E-state index in [0.717, 1.165) is 49.4 Å². The van der Waals surface area contributed by atoms with Crippen LogP contribution in [0.25, 0.3) is 87.5 Å². The molecule has 3 heteroatoms. The molecule has 9 aromatic rings. The van der Waals surface area contributed by atoms with Gasteiger partial charge >= 0.3 is 0 Å². The van der Waals surface area contributed by atoms with Gasteiger partial charge in [-0.3, -0.25) is 0 Å². The van der Waals surface area contributed by atoms with E-state index in [-0.39, 0.29) is 0 Å². The third-order valence-electron chi connectivity index (χ3n) is 9.10. The summed E-state index contributed by atoms with van der Waals surface area (Å²) in [6, 6.07) is 64.5. The molecule has 230 valence electrons. The van der Waals surface area contributed by atoms with Crippen LogP contribution in [0.5, 0.6) is 0 Å². The Morgan fingerprint density at radius 2 is 0.755 bits per heavy atom. The van der Waals surface area contributed by atoms with Crippen molar-refractivity contribution in [3.8, 4) is 67.2 Å². The number of nitrogens with zero attached hydrogens (tertiary/aromatic N) is 2. The van der Waals surface area contributed by atoms with Gasteiger partial charge in [0.1, 0.15) is 0 Å². The molecule has 2 nitrogen and oxygen atoms in total. The van der Waals surface area contributed by atoms with E-state index >= 15 is 0 Å². The summed E-state index contributed by atoms with van der Waals surface area (Å²) in [7, 11) is 0. The van der Waals surface area contributed by atoms with Crippen molar-refractivity contribution in [2.24, 2.45) is 0 Å². The summed E-state index contributed by atoms with van der Waals surface area (Å²) in [4.78, 5) is 10.5. The van der Waals surface area contributed by atoms with E-state index in [0.29, 0.717) is 0 Å². The second-order valence-electron chi connectivity index (χ2n) is 12.2. The molecular weight excluding hydrogens is 613 g/mol. The predicted molar refractivity (Wildman–Crippen MR) is 208 cm³/mol. The molecule has 0 atom stereocenters. The second-order valence-corrected chi connectivity index (χ2v) is 13.3. The lowest BCUT2D eigenvalue weighted by molar-refractivity contribution is 1.24. The lowest BCUT2D eigenvalue weighted by Crippen LogP contribution is -1.94. The Morgan fingerprint density at radius 3 is 1.35 bits per heavy atom. The molecule has 2 heterocycles. The van der Waals surface area contributed by atoms with Crippen molar-refractivity contribution in [3.05, 3.63) is 182 Å². The van der Waals surface area contributed by atoms with Crippen LogP contribution in [0.2, 0.25) is 0 Å². The van der Waals surface area contributed by atoms with Crippen molar-refractivity contribution < 1.29 is 0 Å². The Morgan fingerprint density at radius 1 is 0.327 bits per heavy atom. The smallest absolute Gasteiger partial charge is 0.160 e. The molecule has 0 saturated carbocycles. The molecule has 0 radical (unpaired) electrons. The van der Waals surface area contributed by atoms with E-state index in [1.165, 1.54) is 38.1 Å². The maximum absolute atomic E-state index is 5.29. The van der Waals surface area contributed by atoms with Gasteiger partial charge in [0.05, 0.1) is 15.9 Å². The number of rotatable bonds is 6. The van der Waals surface area contributed by atoms with Crippen LogP contribution in [0.3, 0.4) is 0 Å². The van der Waals surface area contributed by atoms with Crippen LogP contribution in [0.1, 0.15) is 0 Å². The molecule has 7 aromatic carbocycles. The van der Waals surface area contributed by atoms with Gasteiger partial charge in [0.15, 0.2) is 5.82 Å². The quantitative estimate of drug-likeness (QED) is 0.180. The standard InChI is InChI=1S/C46H30N2S/c1-3-12-31(13-4-1)35-16-9-18-37(28-35)33-24-26-34(27-25-33)46-47-43(45-44(48-46)41-22-7-8-23-42(41)49-45)40-21-11-20-39(30-40)38-19-10-17-36(29-38)32-14-5-2-6-15-32/h1-30H. The number of fused-ring (bicyclic) bond motifs is 3. The minimum absolute atomic E-state index is 0.729. The molecule has 49 heavy (non-hydrogen) atoms. The van der Waals surface area contributed by atoms with Gasteiger partial charge in [-0.1, -0.05) is 158 Å². The number of hydrogen-bond acceptors (Lipinski definition) is 3. The van der Waals surface area contributed by atoms with Crippen molar-refractivity contribution in [3.63, 3.8) is 0 Å². The molecule has 0 spiro atoms. The van der Waals surface area contributed by atoms with Crippen LogP contribution < -0.4 is 0 Å². The molecule has 0 bridgehead atoms. The minimum Gasteiger partial charge on any atom is -0.226 e. The van der Waals surface area contributed by atoms with Crippen molar-refractivity contribution in [1.29, 1.82) is 0 Å². The SMILES string of the molecule is c1ccc(-c2cccc(-c3ccc(-c4nc(-c5cccc(-c6cccc(-c7ccccc7)c6)c5)c5sc6ccccc6c5n4)cc3)c2)cc1. The van der Waals surface area contributed by atoms with Gasteiger partial charge in [0.25, 0.3) is 0 Å². The Bertz CT molecular complexity index is 2590. The molecule has 0 amide bonds. The average molecular weight is 643 g/mol. The van der Waals surface area contributed by atoms with Crippen molar-refractivity contribution in [2.45, 2.75) is 0 Å². The highest BCUT2D eigenvalue weighted by atomic mass is 32.1. The highest BCUT2D eigenvalue weighted by Crippen LogP contribution is 2.40. The largest absolute Gasteiger partial charge is 0.226 e. The first-order chi connectivity index (χ1) is 24.3. The summed E-state index contributed by atoms with van der Waals surface area (Å²) in [6.07, 6.45) is 0. The topological polar surface area (TPSA) is 25.8 Å². The first-order valence-electron chi connectivity index (χ1n) is 16.5. The Labute approximate surface area is 289 Å². The van der Waals surface area contributed by atoms with E-state index in [1.54, 1.807) is 11.3 Å². The highest BCUT2D eigenvalue weighted by Gasteiger charge is 2.17. The monoisotopic (exact) mass is 642 g/mol. The summed E-state index contributed by atoms with van der Waals surface area (Å²) >= 11 is 1.76. The van der Waals surface area contributed by atoms with E-state index in [1.807, 2.05) is 0 Å². The lowest BCUT2D eigenvalue weighted by Gasteiger charge is -2.11. The van der Waals surface area contributed by atoms with Gasteiger partial charge in [-0.15, -0.1) is 11.3 Å². The fourth-order valence-electron chi connectivity index (χ4n) is 6.59. The zero-order chi connectivity index (χ0) is 32.6. The fourth-order valence-corrected chi connectivity index (χ4v) is 7.74. The van der Waals surface area contributed by atoms with Crippen molar-refractivity contribution in [1.82, 2.24) is 9.97 Å². The zero-order valence-electron chi connectivity index (χ0n) is 26.6. The van der Waals surface area contributed by atoms with Gasteiger partial charge in [0, 0.05) is 21.2 Å². The number of hydrogen-bond donors (Lipinski definition) is 0. The van der Waals surface area contributed by atoms with Gasteiger partial charge < -0.3 is 0 Å². The average Bonchev–Trinajstić information content (AvgIpc) is 3.57. The van der Waals surface area contributed by atoms with E-state index in [9.17, 15) is 0 Å². The Kier molecular flexibility index (Phi) is 7.38. The Balaban J connectivity index is 1.13. The third kappa shape index (κ3) is 5.61. The van der Waals surface area contributed by atoms with E-state index < -0.39 is 0 Å². The van der Waals surface area contributed by atoms with Crippen LogP contribution >= 0.6 is 11.3 Å². The summed E-state index contributed by atoms with van der Waals surface area (Å²) < 4.78 is 2.32. The summed E-state index contributed by atoms with van der Waals surface area (Å²) in [5.41, 5.74) is 13.5. The Hall–Kier alpha value is -6.16. The summed E-state index contributed by atoms with van der Waals surface area (Å²) in [6.45, 7) is 0. The zero-order valence-corrected chi connectivity index (χ0v) is 27.4. The lowest BCUT2D eigenvalue weighted by atomic mass is 9.97. The van der Waals surface area contributed by atoms with Gasteiger partial charge in [-0.25, -0.2) is 9.97 Å². The molecule has 0 aliphatic heterocycles. The van der Waals surface area contributed by atoms with E-state index in [4.69, 9.17) is 9.97 Å². The van der Waals surface area contributed by atoms with Crippen molar-refractivity contribution >= 4 is 31.6 Å². The maximum Gasteiger partial charge on any atom is 0.160 e. The number of aromatic nitrogens is 2. The van der Waals surface area contributed by atoms with Crippen LogP contribution in [-0.2, 0) is 0 Å². The molecule has 0 unspecified atom stereocenters. The molecule has 0 fully saturated rings. The first-order valence-corrected chi connectivity index (χ1v) is 17.3. The van der Waals surface area contributed by atoms with E-state index in [2.05, 4.69) is 182 Å². The summed E-state index contributed by atoms with van der Waals surface area (Å²) in [5.74, 6) is 0.729. The fraction of sp³-hybridized carbons (Fsp3) is 0. The molecule has 0 N–H and O–H groups in total. The molecule has 2 aromatic heterocycles. The van der Waals surface area contributed by atoms with Gasteiger partial charge in [-0.05, 0) is 68.8 Å².